The van der Waals surface area contributed by atoms with Crippen molar-refractivity contribution in [3.05, 3.63) is 204 Å². The van der Waals surface area contributed by atoms with Gasteiger partial charge in [0.15, 0.2) is 0 Å². The van der Waals surface area contributed by atoms with E-state index < -0.39 is 0 Å². The number of anilines is 3. The van der Waals surface area contributed by atoms with Crippen LogP contribution in [-0.4, -0.2) is 4.57 Å². The summed E-state index contributed by atoms with van der Waals surface area (Å²) < 4.78 is 2.38. The summed E-state index contributed by atoms with van der Waals surface area (Å²) in [5, 5.41) is 2.55. The van der Waals surface area contributed by atoms with Crippen LogP contribution < -0.4 is 4.90 Å². The number of fused-ring (bicyclic) bond motifs is 9. The predicted molar refractivity (Wildman–Crippen MR) is 236 cm³/mol. The molecule has 0 unspecified atom stereocenters. The molecule has 1 aromatic heterocycles. The minimum atomic E-state index is -0.110. The molecule has 1 heterocycles. The zero-order chi connectivity index (χ0) is 37.8. The Balaban J connectivity index is 1.07. The fourth-order valence-corrected chi connectivity index (χ4v) is 10.0. The van der Waals surface area contributed by atoms with Gasteiger partial charge in [0, 0.05) is 44.2 Å². The van der Waals surface area contributed by atoms with Crippen molar-refractivity contribution in [3.63, 3.8) is 0 Å². The lowest BCUT2D eigenvalue weighted by atomic mass is 9.82. The number of para-hydroxylation sites is 2. The fourth-order valence-electron chi connectivity index (χ4n) is 10.0. The maximum Gasteiger partial charge on any atom is 0.0543 e. The maximum absolute atomic E-state index is 2.51. The van der Waals surface area contributed by atoms with Crippen molar-refractivity contribution >= 4 is 38.9 Å². The van der Waals surface area contributed by atoms with Crippen LogP contribution in [0.15, 0.2) is 182 Å². The van der Waals surface area contributed by atoms with Gasteiger partial charge in [-0.15, -0.1) is 0 Å². The Morgan fingerprint density at radius 2 is 0.946 bits per heavy atom. The summed E-state index contributed by atoms with van der Waals surface area (Å²) in [6, 6.07) is 67.5. The summed E-state index contributed by atoms with van der Waals surface area (Å²) in [5.74, 6) is 0. The topological polar surface area (TPSA) is 8.17 Å². The van der Waals surface area contributed by atoms with Crippen LogP contribution in [0.1, 0.15) is 49.9 Å². The third kappa shape index (κ3) is 4.62. The van der Waals surface area contributed by atoms with Crippen molar-refractivity contribution < 1.29 is 0 Å². The molecule has 2 heteroatoms. The van der Waals surface area contributed by atoms with E-state index in [-0.39, 0.29) is 10.8 Å². The second-order valence-electron chi connectivity index (χ2n) is 16.6. The van der Waals surface area contributed by atoms with Gasteiger partial charge in [0.1, 0.15) is 0 Å². The van der Waals surface area contributed by atoms with E-state index >= 15 is 0 Å². The molecule has 0 saturated carbocycles. The number of hydrogen-bond acceptors (Lipinski definition) is 1. The van der Waals surface area contributed by atoms with Gasteiger partial charge in [-0.2, -0.15) is 0 Å². The number of hydrogen-bond donors (Lipinski definition) is 0. The first-order valence-corrected chi connectivity index (χ1v) is 19.8. The van der Waals surface area contributed by atoms with Crippen LogP contribution in [0.25, 0.3) is 60.9 Å². The van der Waals surface area contributed by atoms with E-state index in [0.717, 1.165) is 11.4 Å². The average molecular weight is 719 g/mol. The van der Waals surface area contributed by atoms with E-state index in [9.17, 15) is 0 Å². The van der Waals surface area contributed by atoms with Gasteiger partial charge >= 0.3 is 0 Å². The molecular weight excluding hydrogens is 677 g/mol. The Hall–Kier alpha value is -6.64. The fraction of sp³-hybridized carbons (Fsp3) is 0.111. The van der Waals surface area contributed by atoms with Gasteiger partial charge < -0.3 is 9.47 Å². The molecule has 0 amide bonds. The molecule has 268 valence electrons. The molecule has 0 radical (unpaired) electrons. The Kier molecular flexibility index (Phi) is 6.98. The first kappa shape index (κ1) is 32.8. The summed E-state index contributed by atoms with van der Waals surface area (Å²) in [4.78, 5) is 2.51. The van der Waals surface area contributed by atoms with E-state index in [1.165, 1.54) is 88.8 Å². The highest BCUT2D eigenvalue weighted by Gasteiger charge is 2.39. The highest BCUT2D eigenvalue weighted by Crippen LogP contribution is 2.55. The van der Waals surface area contributed by atoms with Gasteiger partial charge in [0.2, 0.25) is 0 Å². The van der Waals surface area contributed by atoms with Crippen LogP contribution in [0, 0.1) is 0 Å². The Morgan fingerprint density at radius 1 is 0.393 bits per heavy atom. The van der Waals surface area contributed by atoms with Gasteiger partial charge in [-0.05, 0) is 105 Å². The summed E-state index contributed by atoms with van der Waals surface area (Å²) >= 11 is 0. The molecule has 0 atom stereocenters. The molecule has 0 aliphatic heterocycles. The smallest absolute Gasteiger partial charge is 0.0543 e. The summed E-state index contributed by atoms with van der Waals surface area (Å²) in [6.07, 6.45) is 0. The van der Waals surface area contributed by atoms with Crippen molar-refractivity contribution in [1.29, 1.82) is 0 Å². The molecule has 2 aliphatic rings. The lowest BCUT2D eigenvalue weighted by molar-refractivity contribution is 0.660. The molecule has 0 N–H and O–H groups in total. The predicted octanol–water partition coefficient (Wildman–Crippen LogP) is 14.5. The minimum Gasteiger partial charge on any atom is -0.310 e. The minimum absolute atomic E-state index is 0.102. The molecule has 0 bridgehead atoms. The Bertz CT molecular complexity index is 2980. The summed E-state index contributed by atoms with van der Waals surface area (Å²) in [5.41, 5.74) is 20.1. The molecule has 11 rings (SSSR count). The maximum atomic E-state index is 2.51. The highest BCUT2D eigenvalue weighted by atomic mass is 15.1. The molecule has 2 nitrogen and oxygen atoms in total. The zero-order valence-electron chi connectivity index (χ0n) is 32.2. The van der Waals surface area contributed by atoms with Crippen molar-refractivity contribution in [2.75, 3.05) is 4.90 Å². The van der Waals surface area contributed by atoms with Crippen molar-refractivity contribution in [2.45, 2.75) is 38.5 Å². The second-order valence-corrected chi connectivity index (χ2v) is 16.6. The molecule has 56 heavy (non-hydrogen) atoms. The molecule has 0 fully saturated rings. The largest absolute Gasteiger partial charge is 0.310 e. The first-order valence-electron chi connectivity index (χ1n) is 19.8. The van der Waals surface area contributed by atoms with E-state index in [4.69, 9.17) is 0 Å². The molecule has 2 aliphatic carbocycles. The molecule has 0 saturated heterocycles. The van der Waals surface area contributed by atoms with Gasteiger partial charge in [0.25, 0.3) is 0 Å². The van der Waals surface area contributed by atoms with Gasteiger partial charge in [-0.3, -0.25) is 0 Å². The summed E-state index contributed by atoms with van der Waals surface area (Å²) in [6.45, 7) is 9.47. The SMILES string of the molecule is CC1(C)c2ccccc2-c2ccc(N(c3cccc(-c4ccc(-n5c6ccccc6c6ccccc65)cc4)c3)c3cccc4c3-c3ccccc3C4(C)C)cc21. The van der Waals surface area contributed by atoms with Crippen LogP contribution >= 0.6 is 0 Å². The van der Waals surface area contributed by atoms with Crippen LogP contribution in [0.4, 0.5) is 17.1 Å². The van der Waals surface area contributed by atoms with E-state index in [0.29, 0.717) is 0 Å². The third-order valence-electron chi connectivity index (χ3n) is 12.8. The number of nitrogens with zero attached hydrogens (tertiary/aromatic N) is 2. The number of aromatic nitrogens is 1. The number of rotatable bonds is 5. The van der Waals surface area contributed by atoms with E-state index in [1.807, 2.05) is 0 Å². The van der Waals surface area contributed by atoms with Gasteiger partial charge in [-0.25, -0.2) is 0 Å². The molecule has 0 spiro atoms. The van der Waals surface area contributed by atoms with Crippen LogP contribution in [0.3, 0.4) is 0 Å². The van der Waals surface area contributed by atoms with Crippen molar-refractivity contribution in [3.8, 4) is 39.1 Å². The van der Waals surface area contributed by atoms with E-state index in [1.54, 1.807) is 0 Å². The average Bonchev–Trinajstić information content (AvgIpc) is 3.79. The van der Waals surface area contributed by atoms with Crippen molar-refractivity contribution in [1.82, 2.24) is 4.57 Å². The first-order chi connectivity index (χ1) is 27.3. The quantitative estimate of drug-likeness (QED) is 0.172. The van der Waals surface area contributed by atoms with Gasteiger partial charge in [0.05, 0.1) is 16.7 Å². The second kappa shape index (κ2) is 11.9. The van der Waals surface area contributed by atoms with E-state index in [2.05, 4.69) is 219 Å². The monoisotopic (exact) mass is 718 g/mol. The Morgan fingerprint density at radius 3 is 1.68 bits per heavy atom. The van der Waals surface area contributed by atoms with Gasteiger partial charge in [-0.1, -0.05) is 155 Å². The van der Waals surface area contributed by atoms with Crippen molar-refractivity contribution in [2.24, 2.45) is 0 Å². The van der Waals surface area contributed by atoms with Crippen LogP contribution in [0.2, 0.25) is 0 Å². The van der Waals surface area contributed by atoms with Crippen LogP contribution in [-0.2, 0) is 10.8 Å². The lowest BCUT2D eigenvalue weighted by Gasteiger charge is -2.30. The summed E-state index contributed by atoms with van der Waals surface area (Å²) in [7, 11) is 0. The Labute approximate surface area is 328 Å². The third-order valence-corrected chi connectivity index (χ3v) is 12.8. The number of benzene rings is 8. The standard InChI is InChI=1S/C54H42N2/c1-53(2)46-22-10-6-20-44(46)52-47(53)23-14-26-51(52)55(39-31-32-41-40-17-5-9-21-45(40)54(3,4)48(41)34-39)38-16-13-15-36(33-38)35-27-29-37(30-28-35)56-49-24-11-7-18-42(49)43-19-8-12-25-50(43)56/h5-34H,1-4H3. The zero-order valence-corrected chi connectivity index (χ0v) is 32.2. The molecular formula is C54H42N2. The normalized spacial score (nSPS) is 14.4. The molecule has 8 aromatic carbocycles. The highest BCUT2D eigenvalue weighted by molar-refractivity contribution is 6.09. The van der Waals surface area contributed by atoms with Crippen LogP contribution in [0.5, 0.6) is 0 Å². The lowest BCUT2D eigenvalue weighted by Crippen LogP contribution is -2.17. The molecule has 9 aromatic rings.